The molecule has 3 nitrogen and oxygen atoms in total. The van der Waals surface area contributed by atoms with Gasteiger partial charge >= 0.3 is 0 Å². The molecule has 17 heavy (non-hydrogen) atoms. The normalized spacial score (nSPS) is 10.9. The number of benzene rings is 1. The van der Waals surface area contributed by atoms with Crippen molar-refractivity contribution in [3.63, 3.8) is 0 Å². The van der Waals surface area contributed by atoms with Crippen LogP contribution in [-0.4, -0.2) is 9.97 Å². The molecule has 0 fully saturated rings. The molecule has 0 amide bonds. The molecule has 2 aromatic heterocycles. The van der Waals surface area contributed by atoms with Crippen LogP contribution in [0.3, 0.4) is 0 Å². The number of pyridine rings is 1. The van der Waals surface area contributed by atoms with Crippen LogP contribution in [0, 0.1) is 3.70 Å². The molecule has 4 heteroatoms. The Labute approximate surface area is 112 Å². The van der Waals surface area contributed by atoms with E-state index in [4.69, 9.17) is 5.73 Å². The Morgan fingerprint density at radius 2 is 1.94 bits per heavy atom. The van der Waals surface area contributed by atoms with Gasteiger partial charge in [0.25, 0.3) is 0 Å². The SMILES string of the molecule is Nc1ccc(-c2cccc3cc[nH]c23)c(I)n1. The summed E-state index contributed by atoms with van der Waals surface area (Å²) in [6, 6.07) is 12.1. The van der Waals surface area contributed by atoms with Crippen LogP contribution in [0.1, 0.15) is 0 Å². The lowest BCUT2D eigenvalue weighted by atomic mass is 10.1. The number of nitrogens with zero attached hydrogens (tertiary/aromatic N) is 1. The number of nitrogens with two attached hydrogens (primary N) is 1. The van der Waals surface area contributed by atoms with E-state index in [-0.39, 0.29) is 0 Å². The second-order valence-electron chi connectivity index (χ2n) is 3.82. The smallest absolute Gasteiger partial charge is 0.124 e. The summed E-state index contributed by atoms with van der Waals surface area (Å²) in [6.45, 7) is 0. The average Bonchev–Trinajstić information content (AvgIpc) is 2.77. The molecule has 0 unspecified atom stereocenters. The van der Waals surface area contributed by atoms with E-state index in [0.29, 0.717) is 5.82 Å². The zero-order valence-corrected chi connectivity index (χ0v) is 11.1. The van der Waals surface area contributed by atoms with Crippen LogP contribution in [0.5, 0.6) is 0 Å². The van der Waals surface area contributed by atoms with Crippen LogP contribution in [0.4, 0.5) is 5.82 Å². The molecule has 0 atom stereocenters. The molecule has 0 aliphatic carbocycles. The van der Waals surface area contributed by atoms with Gasteiger partial charge in [0.1, 0.15) is 9.52 Å². The van der Waals surface area contributed by atoms with Crippen LogP contribution in [-0.2, 0) is 0 Å². The molecule has 0 radical (unpaired) electrons. The number of hydrogen-bond donors (Lipinski definition) is 2. The van der Waals surface area contributed by atoms with E-state index in [1.54, 1.807) is 0 Å². The van der Waals surface area contributed by atoms with Gasteiger partial charge in [0.2, 0.25) is 0 Å². The lowest BCUT2D eigenvalue weighted by molar-refractivity contribution is 1.28. The van der Waals surface area contributed by atoms with E-state index in [1.807, 2.05) is 18.3 Å². The zero-order chi connectivity index (χ0) is 11.8. The van der Waals surface area contributed by atoms with Gasteiger partial charge in [-0.2, -0.15) is 0 Å². The van der Waals surface area contributed by atoms with Gasteiger partial charge in [-0.3, -0.25) is 0 Å². The Morgan fingerprint density at radius 1 is 1.06 bits per heavy atom. The topological polar surface area (TPSA) is 54.7 Å². The standard InChI is InChI=1S/C13H10IN3/c14-13-10(4-5-11(15)17-13)9-3-1-2-8-6-7-16-12(8)9/h1-7,16H,(H2,15,17). The van der Waals surface area contributed by atoms with Crippen molar-refractivity contribution in [3.05, 3.63) is 46.3 Å². The second kappa shape index (κ2) is 4.03. The highest BCUT2D eigenvalue weighted by Crippen LogP contribution is 2.30. The largest absolute Gasteiger partial charge is 0.384 e. The van der Waals surface area contributed by atoms with Crippen LogP contribution in [0.15, 0.2) is 42.6 Å². The lowest BCUT2D eigenvalue weighted by Crippen LogP contribution is -1.94. The fourth-order valence-electron chi connectivity index (χ4n) is 1.96. The maximum absolute atomic E-state index is 5.67. The van der Waals surface area contributed by atoms with Gasteiger partial charge in [0.15, 0.2) is 0 Å². The number of para-hydroxylation sites is 1. The lowest BCUT2D eigenvalue weighted by Gasteiger charge is -2.06. The number of rotatable bonds is 1. The molecule has 2 heterocycles. The van der Waals surface area contributed by atoms with Crippen molar-refractivity contribution in [2.45, 2.75) is 0 Å². The number of nitrogens with one attached hydrogen (secondary N) is 1. The van der Waals surface area contributed by atoms with Gasteiger partial charge < -0.3 is 10.7 Å². The van der Waals surface area contributed by atoms with Crippen molar-refractivity contribution in [2.24, 2.45) is 0 Å². The van der Waals surface area contributed by atoms with Gasteiger partial charge in [-0.25, -0.2) is 4.98 Å². The molecule has 0 aliphatic heterocycles. The summed E-state index contributed by atoms with van der Waals surface area (Å²) < 4.78 is 0.921. The molecule has 0 saturated carbocycles. The minimum Gasteiger partial charge on any atom is -0.384 e. The first-order valence-corrected chi connectivity index (χ1v) is 6.32. The molecular weight excluding hydrogens is 325 g/mol. The minimum atomic E-state index is 0.553. The van der Waals surface area contributed by atoms with E-state index < -0.39 is 0 Å². The first kappa shape index (κ1) is 10.6. The Bertz CT molecular complexity index is 688. The van der Waals surface area contributed by atoms with Crippen molar-refractivity contribution < 1.29 is 0 Å². The Kier molecular flexibility index (Phi) is 2.51. The fraction of sp³-hybridized carbons (Fsp3) is 0. The Balaban J connectivity index is 2.30. The summed E-state index contributed by atoms with van der Waals surface area (Å²) in [4.78, 5) is 7.56. The van der Waals surface area contributed by atoms with Crippen molar-refractivity contribution in [1.29, 1.82) is 0 Å². The fourth-order valence-corrected chi connectivity index (χ4v) is 2.71. The van der Waals surface area contributed by atoms with E-state index in [1.165, 1.54) is 5.39 Å². The predicted octanol–water partition coefficient (Wildman–Crippen LogP) is 3.42. The number of anilines is 1. The Morgan fingerprint density at radius 3 is 2.76 bits per heavy atom. The number of aromatic nitrogens is 2. The molecule has 0 aliphatic rings. The number of fused-ring (bicyclic) bond motifs is 1. The molecule has 1 aromatic carbocycles. The van der Waals surface area contributed by atoms with Crippen LogP contribution in [0.2, 0.25) is 0 Å². The third kappa shape index (κ3) is 1.78. The summed E-state index contributed by atoms with van der Waals surface area (Å²) in [5.41, 5.74) is 9.07. The summed E-state index contributed by atoms with van der Waals surface area (Å²) in [5.74, 6) is 0.553. The van der Waals surface area contributed by atoms with Gasteiger partial charge in [-0.1, -0.05) is 18.2 Å². The second-order valence-corrected chi connectivity index (χ2v) is 4.84. The monoisotopic (exact) mass is 335 g/mol. The number of halogens is 1. The maximum atomic E-state index is 5.67. The van der Waals surface area contributed by atoms with Crippen molar-refractivity contribution >= 4 is 39.3 Å². The van der Waals surface area contributed by atoms with Gasteiger partial charge in [-0.15, -0.1) is 0 Å². The predicted molar refractivity (Wildman–Crippen MR) is 78.7 cm³/mol. The first-order chi connectivity index (χ1) is 8.25. The highest BCUT2D eigenvalue weighted by atomic mass is 127. The summed E-state index contributed by atoms with van der Waals surface area (Å²) >= 11 is 2.22. The third-order valence-corrected chi connectivity index (χ3v) is 3.57. The number of nitrogen functional groups attached to an aromatic ring is 1. The molecule has 3 rings (SSSR count). The highest BCUT2D eigenvalue weighted by Gasteiger charge is 2.08. The van der Waals surface area contributed by atoms with E-state index in [2.05, 4.69) is 56.8 Å². The van der Waals surface area contributed by atoms with Crippen LogP contribution < -0.4 is 5.73 Å². The van der Waals surface area contributed by atoms with Crippen molar-refractivity contribution in [2.75, 3.05) is 5.73 Å². The van der Waals surface area contributed by atoms with Gasteiger partial charge in [0.05, 0.1) is 5.52 Å². The van der Waals surface area contributed by atoms with Crippen molar-refractivity contribution in [1.82, 2.24) is 9.97 Å². The van der Waals surface area contributed by atoms with Crippen LogP contribution >= 0.6 is 22.6 Å². The minimum absolute atomic E-state index is 0.553. The number of hydrogen-bond acceptors (Lipinski definition) is 2. The van der Waals surface area contributed by atoms with Crippen molar-refractivity contribution in [3.8, 4) is 11.1 Å². The molecule has 0 saturated heterocycles. The molecule has 0 bridgehead atoms. The summed E-state index contributed by atoms with van der Waals surface area (Å²) in [5, 5.41) is 1.20. The number of aromatic amines is 1. The van der Waals surface area contributed by atoms with E-state index in [9.17, 15) is 0 Å². The maximum Gasteiger partial charge on any atom is 0.124 e. The zero-order valence-electron chi connectivity index (χ0n) is 8.94. The first-order valence-electron chi connectivity index (χ1n) is 5.24. The van der Waals surface area contributed by atoms with E-state index in [0.717, 1.165) is 20.3 Å². The molecular formula is C13H10IN3. The molecule has 3 N–H and O–H groups in total. The number of H-pyrrole nitrogens is 1. The van der Waals surface area contributed by atoms with Crippen LogP contribution in [0.25, 0.3) is 22.0 Å². The quantitative estimate of drug-likeness (QED) is 0.529. The third-order valence-electron chi connectivity index (χ3n) is 2.75. The molecule has 0 spiro atoms. The van der Waals surface area contributed by atoms with Gasteiger partial charge in [-0.05, 0) is 46.2 Å². The highest BCUT2D eigenvalue weighted by molar-refractivity contribution is 14.1. The van der Waals surface area contributed by atoms with E-state index >= 15 is 0 Å². The summed E-state index contributed by atoms with van der Waals surface area (Å²) in [6.07, 6.45) is 1.95. The average molecular weight is 335 g/mol. The summed E-state index contributed by atoms with van der Waals surface area (Å²) in [7, 11) is 0. The molecule has 3 aromatic rings. The Hall–Kier alpha value is -1.56. The van der Waals surface area contributed by atoms with Gasteiger partial charge in [0, 0.05) is 17.3 Å². The molecule has 84 valence electrons.